The predicted octanol–water partition coefficient (Wildman–Crippen LogP) is 3.01. The van der Waals surface area contributed by atoms with E-state index in [0.29, 0.717) is 13.0 Å². The van der Waals surface area contributed by atoms with Crippen LogP contribution in [0.3, 0.4) is 0 Å². The van der Waals surface area contributed by atoms with E-state index in [9.17, 15) is 5.11 Å². The van der Waals surface area contributed by atoms with E-state index in [1.54, 1.807) is 0 Å². The highest BCUT2D eigenvalue weighted by Crippen LogP contribution is 2.44. The van der Waals surface area contributed by atoms with Crippen LogP contribution in [0.25, 0.3) is 0 Å². The lowest BCUT2D eigenvalue weighted by Crippen LogP contribution is -2.56. The molecule has 3 nitrogen and oxygen atoms in total. The minimum absolute atomic E-state index is 0.0545. The molecule has 2 rings (SSSR count). The SMILES string of the molecule is CCCOc1ccccc1OC1CC(O)C1(C)C. The molecule has 0 bridgehead atoms. The Morgan fingerprint density at radius 2 is 1.94 bits per heavy atom. The zero-order valence-corrected chi connectivity index (χ0v) is 11.3. The summed E-state index contributed by atoms with van der Waals surface area (Å²) in [5.41, 5.74) is -0.183. The molecule has 100 valence electrons. The highest BCUT2D eigenvalue weighted by Gasteiger charge is 2.49. The average Bonchev–Trinajstić information content (AvgIpc) is 2.37. The molecule has 0 saturated heterocycles. The quantitative estimate of drug-likeness (QED) is 0.873. The molecule has 0 radical (unpaired) electrons. The molecule has 1 aromatic carbocycles. The number of ether oxygens (including phenoxy) is 2. The van der Waals surface area contributed by atoms with Crippen LogP contribution in [0.5, 0.6) is 11.5 Å². The average molecular weight is 250 g/mol. The summed E-state index contributed by atoms with van der Waals surface area (Å²) in [6.07, 6.45) is 1.45. The number of rotatable bonds is 5. The van der Waals surface area contributed by atoms with Crippen LogP contribution < -0.4 is 9.47 Å². The summed E-state index contributed by atoms with van der Waals surface area (Å²) in [6, 6.07) is 7.73. The summed E-state index contributed by atoms with van der Waals surface area (Å²) in [5.74, 6) is 1.56. The fraction of sp³-hybridized carbons (Fsp3) is 0.600. The van der Waals surface area contributed by atoms with E-state index in [1.165, 1.54) is 0 Å². The van der Waals surface area contributed by atoms with E-state index in [4.69, 9.17) is 9.47 Å². The van der Waals surface area contributed by atoms with Crippen LogP contribution in [0.4, 0.5) is 0 Å². The van der Waals surface area contributed by atoms with E-state index in [1.807, 2.05) is 38.1 Å². The van der Waals surface area contributed by atoms with Crippen LogP contribution in [-0.2, 0) is 0 Å². The summed E-state index contributed by atoms with van der Waals surface area (Å²) in [7, 11) is 0. The van der Waals surface area contributed by atoms with E-state index in [2.05, 4.69) is 6.92 Å². The van der Waals surface area contributed by atoms with Crippen LogP contribution in [0.15, 0.2) is 24.3 Å². The van der Waals surface area contributed by atoms with Crippen molar-refractivity contribution in [1.82, 2.24) is 0 Å². The molecule has 0 amide bonds. The fourth-order valence-corrected chi connectivity index (χ4v) is 2.10. The molecular formula is C15H22O3. The minimum atomic E-state index is -0.272. The van der Waals surface area contributed by atoms with Crippen molar-refractivity contribution < 1.29 is 14.6 Å². The van der Waals surface area contributed by atoms with Gasteiger partial charge in [0.25, 0.3) is 0 Å². The second kappa shape index (κ2) is 5.19. The number of aliphatic hydroxyl groups excluding tert-OH is 1. The van der Waals surface area contributed by atoms with Gasteiger partial charge in [0.15, 0.2) is 11.5 Å². The van der Waals surface area contributed by atoms with Gasteiger partial charge >= 0.3 is 0 Å². The molecule has 1 aromatic rings. The van der Waals surface area contributed by atoms with Gasteiger partial charge < -0.3 is 14.6 Å². The summed E-state index contributed by atoms with van der Waals surface area (Å²) < 4.78 is 11.6. The van der Waals surface area contributed by atoms with Crippen molar-refractivity contribution in [2.24, 2.45) is 5.41 Å². The minimum Gasteiger partial charge on any atom is -0.490 e. The monoisotopic (exact) mass is 250 g/mol. The Kier molecular flexibility index (Phi) is 3.81. The Balaban J connectivity index is 2.05. The number of aliphatic hydroxyl groups is 1. The van der Waals surface area contributed by atoms with E-state index < -0.39 is 0 Å². The molecule has 1 aliphatic rings. The third-order valence-electron chi connectivity index (χ3n) is 3.71. The molecule has 1 fully saturated rings. The third kappa shape index (κ3) is 2.46. The molecule has 0 aromatic heterocycles. The van der Waals surface area contributed by atoms with Crippen LogP contribution in [0.1, 0.15) is 33.6 Å². The maximum Gasteiger partial charge on any atom is 0.161 e. The highest BCUT2D eigenvalue weighted by atomic mass is 16.5. The highest BCUT2D eigenvalue weighted by molar-refractivity contribution is 5.40. The Bertz CT molecular complexity index is 400. The Morgan fingerprint density at radius 3 is 2.50 bits per heavy atom. The lowest BCUT2D eigenvalue weighted by Gasteiger charge is -2.48. The van der Waals surface area contributed by atoms with Gasteiger partial charge in [-0.25, -0.2) is 0 Å². The summed E-state index contributed by atoms with van der Waals surface area (Å²) in [4.78, 5) is 0. The molecular weight excluding hydrogens is 228 g/mol. The first-order valence-corrected chi connectivity index (χ1v) is 6.62. The van der Waals surface area contributed by atoms with Gasteiger partial charge in [0.2, 0.25) is 0 Å². The van der Waals surface area contributed by atoms with Crippen LogP contribution >= 0.6 is 0 Å². The maximum atomic E-state index is 9.72. The van der Waals surface area contributed by atoms with Gasteiger partial charge in [-0.3, -0.25) is 0 Å². The zero-order chi connectivity index (χ0) is 13.2. The number of hydrogen-bond acceptors (Lipinski definition) is 3. The lowest BCUT2D eigenvalue weighted by molar-refractivity contribution is -0.135. The first-order valence-electron chi connectivity index (χ1n) is 6.62. The molecule has 1 aliphatic carbocycles. The number of hydrogen-bond donors (Lipinski definition) is 1. The number of para-hydroxylation sites is 2. The van der Waals surface area contributed by atoms with E-state index in [-0.39, 0.29) is 17.6 Å². The van der Waals surface area contributed by atoms with Crippen molar-refractivity contribution >= 4 is 0 Å². The van der Waals surface area contributed by atoms with Crippen LogP contribution in [0, 0.1) is 5.41 Å². The summed E-state index contributed by atoms with van der Waals surface area (Å²) >= 11 is 0. The summed E-state index contributed by atoms with van der Waals surface area (Å²) in [6.45, 7) is 6.83. The van der Waals surface area contributed by atoms with Crippen LogP contribution in [0.2, 0.25) is 0 Å². The zero-order valence-electron chi connectivity index (χ0n) is 11.3. The van der Waals surface area contributed by atoms with Gasteiger partial charge in [0, 0.05) is 11.8 Å². The topological polar surface area (TPSA) is 38.7 Å². The third-order valence-corrected chi connectivity index (χ3v) is 3.71. The van der Waals surface area contributed by atoms with Gasteiger partial charge in [0.05, 0.1) is 12.7 Å². The van der Waals surface area contributed by atoms with Crippen molar-refractivity contribution in [1.29, 1.82) is 0 Å². The van der Waals surface area contributed by atoms with Crippen molar-refractivity contribution in [3.8, 4) is 11.5 Å². The molecule has 1 saturated carbocycles. The second-order valence-electron chi connectivity index (χ2n) is 5.47. The smallest absolute Gasteiger partial charge is 0.161 e. The van der Waals surface area contributed by atoms with Crippen molar-refractivity contribution in [3.05, 3.63) is 24.3 Å². The first kappa shape index (κ1) is 13.2. The molecule has 2 unspecified atom stereocenters. The normalized spacial score (nSPS) is 25.3. The molecule has 3 heteroatoms. The standard InChI is InChI=1S/C15H22O3/c1-4-9-17-11-7-5-6-8-12(11)18-14-10-13(16)15(14,2)3/h5-8,13-14,16H,4,9-10H2,1-3H3. The Hall–Kier alpha value is -1.22. The summed E-state index contributed by atoms with van der Waals surface area (Å²) in [5, 5.41) is 9.72. The first-order chi connectivity index (χ1) is 8.55. The van der Waals surface area contributed by atoms with Gasteiger partial charge in [-0.15, -0.1) is 0 Å². The van der Waals surface area contributed by atoms with Gasteiger partial charge in [-0.2, -0.15) is 0 Å². The Morgan fingerprint density at radius 1 is 1.28 bits per heavy atom. The van der Waals surface area contributed by atoms with E-state index in [0.717, 1.165) is 17.9 Å². The van der Waals surface area contributed by atoms with E-state index >= 15 is 0 Å². The molecule has 18 heavy (non-hydrogen) atoms. The molecule has 0 heterocycles. The molecule has 0 spiro atoms. The van der Waals surface area contributed by atoms with Crippen molar-refractivity contribution in [2.45, 2.75) is 45.8 Å². The molecule has 1 N–H and O–H groups in total. The lowest BCUT2D eigenvalue weighted by atomic mass is 9.66. The van der Waals surface area contributed by atoms with Gasteiger partial charge in [0.1, 0.15) is 6.10 Å². The van der Waals surface area contributed by atoms with Crippen LogP contribution in [-0.4, -0.2) is 23.9 Å². The van der Waals surface area contributed by atoms with Crippen molar-refractivity contribution in [2.75, 3.05) is 6.61 Å². The fourth-order valence-electron chi connectivity index (χ4n) is 2.10. The van der Waals surface area contributed by atoms with Gasteiger partial charge in [-0.05, 0) is 18.6 Å². The molecule has 0 aliphatic heterocycles. The second-order valence-corrected chi connectivity index (χ2v) is 5.47. The predicted molar refractivity (Wildman–Crippen MR) is 71.0 cm³/mol. The largest absolute Gasteiger partial charge is 0.490 e. The number of benzene rings is 1. The molecule has 2 atom stereocenters. The Labute approximate surface area is 109 Å². The van der Waals surface area contributed by atoms with Gasteiger partial charge in [-0.1, -0.05) is 32.9 Å². The van der Waals surface area contributed by atoms with Crippen molar-refractivity contribution in [3.63, 3.8) is 0 Å². The maximum absolute atomic E-state index is 9.72.